The first-order valence-corrected chi connectivity index (χ1v) is 5.46. The van der Waals surface area contributed by atoms with E-state index >= 15 is 0 Å². The van der Waals surface area contributed by atoms with Crippen LogP contribution >= 0.6 is 0 Å². The molecule has 1 aromatic rings. The Labute approximate surface area is 108 Å². The summed E-state index contributed by atoms with van der Waals surface area (Å²) >= 11 is 0. The Hall–Kier alpha value is -2.26. The zero-order valence-corrected chi connectivity index (χ0v) is 10.1. The molecule has 9 heteroatoms. The third-order valence-electron chi connectivity index (χ3n) is 2.45. The van der Waals surface area contributed by atoms with Crippen LogP contribution in [0.5, 0.6) is 0 Å². The molecule has 0 saturated heterocycles. The molecule has 1 aromatic heterocycles. The van der Waals surface area contributed by atoms with Gasteiger partial charge in [-0.15, -0.1) is 0 Å². The van der Waals surface area contributed by atoms with Gasteiger partial charge in [-0.3, -0.25) is 14.5 Å². The van der Waals surface area contributed by atoms with Crippen LogP contribution in [0.25, 0.3) is 0 Å². The highest BCUT2D eigenvalue weighted by Gasteiger charge is 2.33. The van der Waals surface area contributed by atoms with Crippen molar-refractivity contribution in [2.24, 2.45) is 11.5 Å². The number of imidazole rings is 1. The van der Waals surface area contributed by atoms with Gasteiger partial charge in [-0.05, 0) is 0 Å². The Morgan fingerprint density at radius 3 is 2.26 bits per heavy atom. The number of nitrogens with zero attached hydrogens (tertiary/aromatic N) is 2. The van der Waals surface area contributed by atoms with Crippen molar-refractivity contribution in [3.63, 3.8) is 0 Å². The number of rotatable bonds is 6. The van der Waals surface area contributed by atoms with E-state index in [0.29, 0.717) is 10.6 Å². The zero-order chi connectivity index (χ0) is 14.4. The van der Waals surface area contributed by atoms with Crippen LogP contribution in [0.15, 0.2) is 12.5 Å². The molecule has 6 N–H and O–H groups in total. The molecule has 1 rings (SSSR count). The third kappa shape index (κ3) is 3.60. The van der Waals surface area contributed by atoms with Crippen molar-refractivity contribution in [2.45, 2.75) is 12.5 Å². The minimum absolute atomic E-state index is 0.0905. The zero-order valence-electron chi connectivity index (χ0n) is 10.1. The fourth-order valence-corrected chi connectivity index (χ4v) is 1.58. The van der Waals surface area contributed by atoms with Gasteiger partial charge in [0.2, 0.25) is 11.8 Å². The van der Waals surface area contributed by atoms with Crippen LogP contribution in [0.4, 0.5) is 0 Å². The quantitative estimate of drug-likeness (QED) is 0.451. The second-order valence-corrected chi connectivity index (χ2v) is 3.70. The molecular formula is C10H15N5O4. The predicted molar refractivity (Wildman–Crippen MR) is 63.7 cm³/mol. The Morgan fingerprint density at radius 2 is 1.89 bits per heavy atom. The minimum Gasteiger partial charge on any atom is -0.480 e. The fourth-order valence-electron chi connectivity index (χ4n) is 1.58. The monoisotopic (exact) mass is 269 g/mol. The number of carboxylic acids is 1. The van der Waals surface area contributed by atoms with E-state index in [1.165, 1.54) is 12.5 Å². The first-order valence-electron chi connectivity index (χ1n) is 5.46. The third-order valence-corrected chi connectivity index (χ3v) is 2.45. The molecule has 0 radical (unpaired) electrons. The van der Waals surface area contributed by atoms with Crippen LogP contribution < -0.4 is 11.5 Å². The topological polar surface area (TPSA) is 155 Å². The van der Waals surface area contributed by atoms with Gasteiger partial charge in [0.25, 0.3) is 0 Å². The Balaban J connectivity index is 3.01. The lowest BCUT2D eigenvalue weighted by Crippen LogP contribution is -2.53. The smallest absolute Gasteiger partial charge is 0.327 e. The Kier molecular flexibility index (Phi) is 5.15. The number of H-pyrrole nitrogens is 1. The Bertz CT molecular complexity index is 442. The summed E-state index contributed by atoms with van der Waals surface area (Å²) in [6, 6.07) is -1.37. The van der Waals surface area contributed by atoms with Crippen LogP contribution in [0, 0.1) is 0 Å². The molecule has 0 aliphatic heterocycles. The van der Waals surface area contributed by atoms with Gasteiger partial charge in [0.05, 0.1) is 19.4 Å². The number of hydrogen-bond acceptors (Lipinski definition) is 6. The largest absolute Gasteiger partial charge is 0.480 e. The number of hydrogen-bond donors (Lipinski definition) is 4. The summed E-state index contributed by atoms with van der Waals surface area (Å²) in [4.78, 5) is 41.5. The normalized spacial score (nSPS) is 11.9. The lowest BCUT2D eigenvalue weighted by atomic mass is 10.1. The molecule has 9 nitrogen and oxygen atoms in total. The summed E-state index contributed by atoms with van der Waals surface area (Å²) in [5.74, 6) is -2.90. The van der Waals surface area contributed by atoms with Gasteiger partial charge in [0.1, 0.15) is 6.04 Å². The van der Waals surface area contributed by atoms with Gasteiger partial charge in [-0.2, -0.15) is 0 Å². The lowest BCUT2D eigenvalue weighted by molar-refractivity contribution is -0.157. The van der Waals surface area contributed by atoms with Crippen molar-refractivity contribution in [1.82, 2.24) is 14.9 Å². The summed E-state index contributed by atoms with van der Waals surface area (Å²) < 4.78 is 0. The van der Waals surface area contributed by atoms with E-state index in [2.05, 4.69) is 9.97 Å². The number of imide groups is 1. The highest BCUT2D eigenvalue weighted by molar-refractivity contribution is 6.00. The standard InChI is InChI=1S/C10H15N5O4/c11-2-8(16)15(9(17)3-12)7(10(18)19)1-6-4-13-5-14-6/h4-5,7H,1-3,11-12H2,(H,13,14)(H,18,19). The summed E-state index contributed by atoms with van der Waals surface area (Å²) in [6.45, 7) is -0.947. The molecule has 1 atom stereocenters. The molecule has 0 saturated carbocycles. The first kappa shape index (κ1) is 14.8. The van der Waals surface area contributed by atoms with Crippen LogP contribution in [0.1, 0.15) is 5.69 Å². The number of nitrogens with two attached hydrogens (primary N) is 2. The molecule has 104 valence electrons. The van der Waals surface area contributed by atoms with Crippen molar-refractivity contribution < 1.29 is 19.5 Å². The number of aromatic amines is 1. The number of carbonyl (C=O) groups is 3. The molecule has 2 amide bonds. The van der Waals surface area contributed by atoms with Crippen LogP contribution in [-0.4, -0.2) is 56.9 Å². The molecule has 1 heterocycles. The highest BCUT2D eigenvalue weighted by Crippen LogP contribution is 2.08. The summed E-state index contributed by atoms with van der Waals surface area (Å²) in [5.41, 5.74) is 10.8. The van der Waals surface area contributed by atoms with E-state index in [9.17, 15) is 14.4 Å². The molecule has 0 aliphatic rings. The molecule has 0 aromatic carbocycles. The summed E-state index contributed by atoms with van der Waals surface area (Å²) in [5, 5.41) is 9.17. The average molecular weight is 269 g/mol. The minimum atomic E-state index is -1.37. The molecule has 0 fully saturated rings. The van der Waals surface area contributed by atoms with Gasteiger partial charge in [-0.1, -0.05) is 0 Å². The van der Waals surface area contributed by atoms with E-state index in [1.807, 2.05) is 0 Å². The lowest BCUT2D eigenvalue weighted by Gasteiger charge is -2.26. The predicted octanol–water partition coefficient (Wildman–Crippen LogP) is -2.32. The van der Waals surface area contributed by atoms with Crippen molar-refractivity contribution in [3.05, 3.63) is 18.2 Å². The fraction of sp³-hybridized carbons (Fsp3) is 0.400. The molecule has 0 aliphatic carbocycles. The van der Waals surface area contributed by atoms with Crippen molar-refractivity contribution in [3.8, 4) is 0 Å². The summed E-state index contributed by atoms with van der Waals surface area (Å²) in [7, 11) is 0. The van der Waals surface area contributed by atoms with Crippen molar-refractivity contribution in [2.75, 3.05) is 13.1 Å². The number of carboxylic acid groups (broad SMARTS) is 1. The summed E-state index contributed by atoms with van der Waals surface area (Å²) in [6.07, 6.45) is 2.69. The van der Waals surface area contributed by atoms with Gasteiger partial charge in [0.15, 0.2) is 0 Å². The first-order chi connectivity index (χ1) is 9.01. The highest BCUT2D eigenvalue weighted by atomic mass is 16.4. The number of amides is 2. The molecule has 0 spiro atoms. The molecule has 19 heavy (non-hydrogen) atoms. The maximum Gasteiger partial charge on any atom is 0.327 e. The van der Waals surface area contributed by atoms with Gasteiger partial charge >= 0.3 is 5.97 Å². The maximum absolute atomic E-state index is 11.6. The average Bonchev–Trinajstić information content (AvgIpc) is 2.89. The second kappa shape index (κ2) is 6.61. The van der Waals surface area contributed by atoms with E-state index in [0.717, 1.165) is 0 Å². The van der Waals surface area contributed by atoms with Gasteiger partial charge < -0.3 is 21.6 Å². The molecule has 1 unspecified atom stereocenters. The molecular weight excluding hydrogens is 254 g/mol. The van der Waals surface area contributed by atoms with E-state index < -0.39 is 36.9 Å². The van der Waals surface area contributed by atoms with Gasteiger partial charge in [-0.25, -0.2) is 9.78 Å². The van der Waals surface area contributed by atoms with Crippen LogP contribution in [0.2, 0.25) is 0 Å². The molecule has 0 bridgehead atoms. The van der Waals surface area contributed by atoms with Crippen LogP contribution in [0.3, 0.4) is 0 Å². The number of aliphatic carboxylic acids is 1. The Morgan fingerprint density at radius 1 is 1.32 bits per heavy atom. The maximum atomic E-state index is 11.6. The van der Waals surface area contributed by atoms with E-state index in [-0.39, 0.29) is 6.42 Å². The van der Waals surface area contributed by atoms with Crippen LogP contribution in [-0.2, 0) is 20.8 Å². The van der Waals surface area contributed by atoms with E-state index in [4.69, 9.17) is 16.6 Å². The van der Waals surface area contributed by atoms with Crippen molar-refractivity contribution >= 4 is 17.8 Å². The van der Waals surface area contributed by atoms with Crippen molar-refractivity contribution in [1.29, 1.82) is 0 Å². The SMILES string of the molecule is NCC(=O)N(C(=O)CN)C(Cc1cnc[nH]1)C(=O)O. The number of carbonyl (C=O) groups excluding carboxylic acids is 2. The van der Waals surface area contributed by atoms with E-state index in [1.54, 1.807) is 0 Å². The van der Waals surface area contributed by atoms with Gasteiger partial charge in [0, 0.05) is 18.3 Å². The second-order valence-electron chi connectivity index (χ2n) is 3.70. The number of nitrogens with one attached hydrogen (secondary N) is 1. The number of aromatic nitrogens is 2.